The van der Waals surface area contributed by atoms with Crippen molar-refractivity contribution in [3.8, 4) is 0 Å². The van der Waals surface area contributed by atoms with E-state index >= 15 is 0 Å². The summed E-state index contributed by atoms with van der Waals surface area (Å²) < 4.78 is 11.8. The van der Waals surface area contributed by atoms with Crippen LogP contribution in [0.1, 0.15) is 33.4 Å². The molecule has 0 unspecified atom stereocenters. The molecular formula is C14H21BN2O3. The van der Waals surface area contributed by atoms with Crippen molar-refractivity contribution < 1.29 is 14.4 Å². The van der Waals surface area contributed by atoms with Crippen molar-refractivity contribution in [1.82, 2.24) is 4.98 Å². The van der Waals surface area contributed by atoms with E-state index in [9.17, 15) is 5.11 Å². The fraction of sp³-hybridized carbons (Fsp3) is 0.500. The van der Waals surface area contributed by atoms with Gasteiger partial charge in [-0.2, -0.15) is 0 Å². The molecule has 2 rings (SSSR count). The average Bonchev–Trinajstić information content (AvgIpc) is 2.55. The van der Waals surface area contributed by atoms with Crippen LogP contribution in [0.3, 0.4) is 0 Å². The van der Waals surface area contributed by atoms with Crippen molar-refractivity contribution in [2.75, 3.05) is 12.3 Å². The maximum absolute atomic E-state index is 9.57. The number of pyridine rings is 1. The molecule has 0 bridgehead atoms. The molecule has 1 saturated heterocycles. The predicted octanol–water partition coefficient (Wildman–Crippen LogP) is 1.67. The standard InChI is InChI=1S/C14H21BN2O3/c1-13(2)14(3,4)20-15(19-13)10(9-18)7-12-8-11(16)5-6-17-12/h5-8,18H,9H2,1-4H3,(H2,16,17). The van der Waals surface area contributed by atoms with Gasteiger partial charge in [-0.05, 0) is 51.4 Å². The van der Waals surface area contributed by atoms with E-state index in [-0.39, 0.29) is 6.61 Å². The Kier molecular flexibility index (Phi) is 3.91. The third kappa shape index (κ3) is 2.87. The fourth-order valence-electron chi connectivity index (χ4n) is 1.92. The van der Waals surface area contributed by atoms with E-state index < -0.39 is 18.3 Å². The molecule has 1 aliphatic rings. The van der Waals surface area contributed by atoms with Gasteiger partial charge < -0.3 is 20.1 Å². The maximum atomic E-state index is 9.57. The van der Waals surface area contributed by atoms with Gasteiger partial charge in [0.15, 0.2) is 0 Å². The average molecular weight is 276 g/mol. The number of aliphatic hydroxyl groups excluding tert-OH is 1. The lowest BCUT2D eigenvalue weighted by Crippen LogP contribution is -2.41. The number of anilines is 1. The first kappa shape index (κ1) is 15.0. The number of hydrogen-bond donors (Lipinski definition) is 2. The SMILES string of the molecule is CC1(C)OB(C(=Cc2cc(N)ccn2)CO)OC1(C)C. The lowest BCUT2D eigenvalue weighted by molar-refractivity contribution is 0.00578. The minimum atomic E-state index is -0.576. The highest BCUT2D eigenvalue weighted by Crippen LogP contribution is 2.38. The van der Waals surface area contributed by atoms with Crippen molar-refractivity contribution in [3.05, 3.63) is 29.5 Å². The van der Waals surface area contributed by atoms with Crippen molar-refractivity contribution in [2.45, 2.75) is 38.9 Å². The highest BCUT2D eigenvalue weighted by molar-refractivity contribution is 6.55. The molecule has 1 aromatic heterocycles. The van der Waals surface area contributed by atoms with Gasteiger partial charge in [-0.1, -0.05) is 0 Å². The van der Waals surface area contributed by atoms with Gasteiger partial charge in [-0.3, -0.25) is 4.98 Å². The summed E-state index contributed by atoms with van der Waals surface area (Å²) in [6.45, 7) is 7.73. The van der Waals surface area contributed by atoms with Gasteiger partial charge in [0.2, 0.25) is 0 Å². The van der Waals surface area contributed by atoms with E-state index in [4.69, 9.17) is 15.0 Å². The lowest BCUT2D eigenvalue weighted by Gasteiger charge is -2.32. The first-order valence-electron chi connectivity index (χ1n) is 6.64. The number of hydrogen-bond acceptors (Lipinski definition) is 5. The molecule has 1 aliphatic heterocycles. The summed E-state index contributed by atoms with van der Waals surface area (Å²) in [6, 6.07) is 3.45. The van der Waals surface area contributed by atoms with Gasteiger partial charge in [0.25, 0.3) is 0 Å². The predicted molar refractivity (Wildman–Crippen MR) is 79.8 cm³/mol. The van der Waals surface area contributed by atoms with Gasteiger partial charge in [0.05, 0.1) is 23.5 Å². The van der Waals surface area contributed by atoms with E-state index in [0.717, 1.165) is 0 Å². The summed E-state index contributed by atoms with van der Waals surface area (Å²) in [5, 5.41) is 9.57. The zero-order valence-corrected chi connectivity index (χ0v) is 12.4. The molecule has 108 valence electrons. The van der Waals surface area contributed by atoms with Crippen LogP contribution in [-0.4, -0.2) is 35.0 Å². The van der Waals surface area contributed by atoms with Crippen LogP contribution in [0.25, 0.3) is 6.08 Å². The van der Waals surface area contributed by atoms with Crippen LogP contribution in [0, 0.1) is 0 Å². The smallest absolute Gasteiger partial charge is 0.400 e. The van der Waals surface area contributed by atoms with Crippen molar-refractivity contribution in [2.24, 2.45) is 0 Å². The number of nitrogens with two attached hydrogens (primary N) is 1. The zero-order valence-electron chi connectivity index (χ0n) is 12.4. The molecular weight excluding hydrogens is 255 g/mol. The topological polar surface area (TPSA) is 77.6 Å². The van der Waals surface area contributed by atoms with Crippen LogP contribution in [0.15, 0.2) is 23.8 Å². The molecule has 1 fully saturated rings. The summed E-state index contributed by atoms with van der Waals surface area (Å²) in [4.78, 5) is 4.19. The highest BCUT2D eigenvalue weighted by Gasteiger charge is 2.52. The second kappa shape index (κ2) is 5.20. The molecule has 0 spiro atoms. The van der Waals surface area contributed by atoms with Crippen LogP contribution in [0.4, 0.5) is 5.69 Å². The Balaban J connectivity index is 2.26. The van der Waals surface area contributed by atoms with Gasteiger partial charge in [-0.25, -0.2) is 0 Å². The first-order valence-corrected chi connectivity index (χ1v) is 6.64. The van der Waals surface area contributed by atoms with Gasteiger partial charge in [0.1, 0.15) is 0 Å². The Morgan fingerprint density at radius 3 is 2.45 bits per heavy atom. The summed E-state index contributed by atoms with van der Waals surface area (Å²) in [5.41, 5.74) is 6.77. The molecule has 0 aromatic carbocycles. The second-order valence-electron chi connectivity index (χ2n) is 5.98. The summed E-state index contributed by atoms with van der Waals surface area (Å²) in [5.74, 6) is 0. The zero-order chi connectivity index (χ0) is 15.0. The summed E-state index contributed by atoms with van der Waals surface area (Å²) in [7, 11) is -0.576. The molecule has 0 atom stereocenters. The molecule has 5 nitrogen and oxygen atoms in total. The van der Waals surface area contributed by atoms with Crippen LogP contribution in [-0.2, 0) is 9.31 Å². The van der Waals surface area contributed by atoms with Crippen LogP contribution in [0.5, 0.6) is 0 Å². The summed E-state index contributed by atoms with van der Waals surface area (Å²) >= 11 is 0. The molecule has 0 aliphatic carbocycles. The fourth-order valence-corrected chi connectivity index (χ4v) is 1.92. The molecule has 20 heavy (non-hydrogen) atoms. The van der Waals surface area contributed by atoms with E-state index in [1.807, 2.05) is 27.7 Å². The van der Waals surface area contributed by atoms with Gasteiger partial charge in [0, 0.05) is 11.9 Å². The molecule has 2 heterocycles. The third-order valence-corrected chi connectivity index (χ3v) is 3.88. The summed E-state index contributed by atoms with van der Waals surface area (Å²) in [6.07, 6.45) is 3.37. The molecule has 3 N–H and O–H groups in total. The molecule has 0 amide bonds. The molecule has 1 aromatic rings. The Morgan fingerprint density at radius 1 is 1.35 bits per heavy atom. The number of aliphatic hydroxyl groups is 1. The van der Waals surface area contributed by atoms with E-state index in [0.29, 0.717) is 16.9 Å². The lowest BCUT2D eigenvalue weighted by atomic mass is 9.78. The highest BCUT2D eigenvalue weighted by atomic mass is 16.7. The Hall–Kier alpha value is -1.37. The van der Waals surface area contributed by atoms with Crippen molar-refractivity contribution in [3.63, 3.8) is 0 Å². The normalized spacial score (nSPS) is 21.2. The van der Waals surface area contributed by atoms with Crippen LogP contribution < -0.4 is 5.73 Å². The minimum absolute atomic E-state index is 0.159. The van der Waals surface area contributed by atoms with Crippen molar-refractivity contribution in [1.29, 1.82) is 0 Å². The van der Waals surface area contributed by atoms with E-state index in [2.05, 4.69) is 4.98 Å². The third-order valence-electron chi connectivity index (χ3n) is 3.88. The maximum Gasteiger partial charge on any atom is 0.492 e. The van der Waals surface area contributed by atoms with E-state index in [1.165, 1.54) is 0 Å². The largest absolute Gasteiger partial charge is 0.492 e. The molecule has 0 saturated carbocycles. The monoisotopic (exact) mass is 276 g/mol. The second-order valence-corrected chi connectivity index (χ2v) is 5.98. The van der Waals surface area contributed by atoms with Gasteiger partial charge >= 0.3 is 7.12 Å². The number of rotatable bonds is 3. The van der Waals surface area contributed by atoms with Crippen molar-refractivity contribution >= 4 is 18.9 Å². The van der Waals surface area contributed by atoms with Gasteiger partial charge in [-0.15, -0.1) is 0 Å². The number of nitrogens with zero attached hydrogens (tertiary/aromatic N) is 1. The molecule has 6 heteroatoms. The van der Waals surface area contributed by atoms with E-state index in [1.54, 1.807) is 24.4 Å². The quantitative estimate of drug-likeness (QED) is 0.821. The van der Waals surface area contributed by atoms with Crippen LogP contribution >= 0.6 is 0 Å². The number of aromatic nitrogens is 1. The first-order chi connectivity index (χ1) is 9.25. The Labute approximate surface area is 119 Å². The van der Waals surface area contributed by atoms with Crippen LogP contribution in [0.2, 0.25) is 0 Å². The Morgan fingerprint density at radius 2 is 1.95 bits per heavy atom. The number of nitrogen functional groups attached to an aromatic ring is 1. The Bertz CT molecular complexity index is 513. The minimum Gasteiger partial charge on any atom is -0.400 e. The molecule has 0 radical (unpaired) electrons.